The van der Waals surface area contributed by atoms with Crippen LogP contribution in [0.25, 0.3) is 0 Å². The smallest absolute Gasteiger partial charge is 0.318 e. The Hall–Kier alpha value is -1.63. The van der Waals surface area contributed by atoms with Crippen molar-refractivity contribution in [2.24, 2.45) is 11.7 Å². The van der Waals surface area contributed by atoms with Crippen molar-refractivity contribution in [3.05, 3.63) is 0 Å². The zero-order chi connectivity index (χ0) is 15.2. The average Bonchev–Trinajstić information content (AvgIpc) is 2.98. The number of rotatable bonds is 4. The Morgan fingerprint density at radius 3 is 2.24 bits per heavy atom. The van der Waals surface area contributed by atoms with E-state index in [9.17, 15) is 14.4 Å². The van der Waals surface area contributed by atoms with E-state index in [2.05, 4.69) is 10.2 Å². The van der Waals surface area contributed by atoms with Gasteiger partial charge in [0.25, 0.3) is 0 Å². The number of imide groups is 1. The highest BCUT2D eigenvalue weighted by molar-refractivity contribution is 5.93. The molecule has 0 spiro atoms. The van der Waals surface area contributed by atoms with Gasteiger partial charge in [-0.25, -0.2) is 4.79 Å². The molecule has 7 nitrogen and oxygen atoms in total. The lowest BCUT2D eigenvalue weighted by molar-refractivity contribution is -0.137. The molecule has 1 saturated heterocycles. The normalized spacial score (nSPS) is 20.5. The number of hydrogen-bond donors (Lipinski definition) is 2. The zero-order valence-corrected chi connectivity index (χ0v) is 12.3. The number of hydrogen-bond acceptors (Lipinski definition) is 4. The van der Waals surface area contributed by atoms with Crippen LogP contribution in [0.5, 0.6) is 0 Å². The molecule has 1 aliphatic heterocycles. The van der Waals surface area contributed by atoms with Gasteiger partial charge in [-0.05, 0) is 12.8 Å². The summed E-state index contributed by atoms with van der Waals surface area (Å²) in [5.74, 6) is 0.184. The van der Waals surface area contributed by atoms with Crippen molar-refractivity contribution in [3.8, 4) is 0 Å². The molecule has 3 N–H and O–H groups in total. The largest absolute Gasteiger partial charge is 0.351 e. The van der Waals surface area contributed by atoms with Gasteiger partial charge >= 0.3 is 6.03 Å². The highest BCUT2D eigenvalue weighted by Gasteiger charge is 2.29. The summed E-state index contributed by atoms with van der Waals surface area (Å²) in [5.41, 5.74) is 4.88. The average molecular weight is 296 g/mol. The molecule has 7 heteroatoms. The monoisotopic (exact) mass is 296 g/mol. The lowest BCUT2D eigenvalue weighted by Gasteiger charge is -2.35. The molecule has 1 aliphatic carbocycles. The molecule has 0 aromatic carbocycles. The van der Waals surface area contributed by atoms with Crippen LogP contribution in [-0.4, -0.2) is 60.4 Å². The first-order valence-corrected chi connectivity index (χ1v) is 7.66. The van der Waals surface area contributed by atoms with Crippen LogP contribution >= 0.6 is 0 Å². The van der Waals surface area contributed by atoms with Crippen molar-refractivity contribution >= 4 is 17.8 Å². The molecule has 1 saturated carbocycles. The second-order valence-corrected chi connectivity index (χ2v) is 5.81. The molecule has 0 radical (unpaired) electrons. The Morgan fingerprint density at radius 2 is 1.67 bits per heavy atom. The fraction of sp³-hybridized carbons (Fsp3) is 0.786. The van der Waals surface area contributed by atoms with Gasteiger partial charge in [0.15, 0.2) is 0 Å². The molecule has 118 valence electrons. The van der Waals surface area contributed by atoms with E-state index < -0.39 is 6.03 Å². The minimum atomic E-state index is -0.813. The highest BCUT2D eigenvalue weighted by Crippen LogP contribution is 2.26. The fourth-order valence-electron chi connectivity index (χ4n) is 3.08. The van der Waals surface area contributed by atoms with Crippen LogP contribution in [-0.2, 0) is 9.59 Å². The van der Waals surface area contributed by atoms with E-state index in [0.29, 0.717) is 12.5 Å². The summed E-state index contributed by atoms with van der Waals surface area (Å²) in [7, 11) is 0. The zero-order valence-electron chi connectivity index (χ0n) is 12.3. The molecule has 0 unspecified atom stereocenters. The number of urea groups is 1. The Kier molecular flexibility index (Phi) is 5.55. The van der Waals surface area contributed by atoms with E-state index in [1.54, 1.807) is 0 Å². The molecular weight excluding hydrogens is 272 g/mol. The van der Waals surface area contributed by atoms with Gasteiger partial charge in [-0.2, -0.15) is 0 Å². The first-order valence-electron chi connectivity index (χ1n) is 7.66. The Labute approximate surface area is 124 Å². The van der Waals surface area contributed by atoms with Crippen molar-refractivity contribution < 1.29 is 14.4 Å². The number of nitrogens with one attached hydrogen (secondary N) is 1. The summed E-state index contributed by atoms with van der Waals surface area (Å²) in [6.07, 6.45) is 4.66. The summed E-state index contributed by atoms with van der Waals surface area (Å²) in [4.78, 5) is 38.3. The van der Waals surface area contributed by atoms with Gasteiger partial charge < -0.3 is 10.6 Å². The molecule has 4 amide bonds. The van der Waals surface area contributed by atoms with E-state index in [1.165, 1.54) is 12.8 Å². The van der Waals surface area contributed by atoms with Gasteiger partial charge in [-0.15, -0.1) is 0 Å². The van der Waals surface area contributed by atoms with Crippen molar-refractivity contribution in [2.45, 2.75) is 32.1 Å². The van der Waals surface area contributed by atoms with Crippen molar-refractivity contribution in [1.29, 1.82) is 0 Å². The lowest BCUT2D eigenvalue weighted by Crippen LogP contribution is -2.50. The summed E-state index contributed by atoms with van der Waals surface area (Å²) in [6.45, 7) is 3.61. The van der Waals surface area contributed by atoms with Gasteiger partial charge in [0, 0.05) is 45.1 Å². The molecule has 0 bridgehead atoms. The third-order valence-electron chi connectivity index (χ3n) is 4.31. The third-order valence-corrected chi connectivity index (χ3v) is 4.31. The molecule has 2 aliphatic rings. The molecule has 2 fully saturated rings. The van der Waals surface area contributed by atoms with Gasteiger partial charge in [-0.1, -0.05) is 12.8 Å². The summed E-state index contributed by atoms with van der Waals surface area (Å²) < 4.78 is 0. The van der Waals surface area contributed by atoms with Crippen LogP contribution < -0.4 is 11.1 Å². The van der Waals surface area contributed by atoms with Crippen molar-refractivity contribution in [2.75, 3.05) is 32.7 Å². The van der Waals surface area contributed by atoms with Crippen LogP contribution in [0.4, 0.5) is 4.79 Å². The quantitative estimate of drug-likeness (QED) is 0.757. The summed E-state index contributed by atoms with van der Waals surface area (Å²) in [6, 6.07) is -0.813. The third kappa shape index (κ3) is 4.70. The molecule has 2 rings (SSSR count). The van der Waals surface area contributed by atoms with Crippen LogP contribution in [0, 0.1) is 5.92 Å². The van der Waals surface area contributed by atoms with Gasteiger partial charge in [-0.3, -0.25) is 19.8 Å². The SMILES string of the molecule is NC(=O)NC(=O)CCN1CCN(C(=O)C2CCCC2)CC1. The molecule has 0 aromatic rings. The topological polar surface area (TPSA) is 95.7 Å². The number of nitrogens with zero attached hydrogens (tertiary/aromatic N) is 2. The van der Waals surface area contributed by atoms with Crippen molar-refractivity contribution in [1.82, 2.24) is 15.1 Å². The van der Waals surface area contributed by atoms with Gasteiger partial charge in [0.2, 0.25) is 11.8 Å². The standard InChI is InChI=1S/C14H24N4O3/c15-14(21)16-12(19)5-6-17-7-9-18(10-8-17)13(20)11-3-1-2-4-11/h11H,1-10H2,(H3,15,16,19,21). The second-order valence-electron chi connectivity index (χ2n) is 5.81. The van der Waals surface area contributed by atoms with E-state index in [1.807, 2.05) is 4.90 Å². The molecule has 1 heterocycles. The maximum Gasteiger partial charge on any atom is 0.318 e. The van der Waals surface area contributed by atoms with Crippen molar-refractivity contribution in [3.63, 3.8) is 0 Å². The predicted octanol–water partition coefficient (Wildman–Crippen LogP) is -0.0942. The molecule has 0 atom stereocenters. The van der Waals surface area contributed by atoms with Crippen LogP contribution in [0.1, 0.15) is 32.1 Å². The lowest BCUT2D eigenvalue weighted by atomic mass is 10.1. The summed E-state index contributed by atoms with van der Waals surface area (Å²) in [5, 5.41) is 2.06. The molecular formula is C14H24N4O3. The van der Waals surface area contributed by atoms with Crippen LogP contribution in [0.15, 0.2) is 0 Å². The maximum absolute atomic E-state index is 12.3. The first-order chi connectivity index (χ1) is 10.1. The maximum atomic E-state index is 12.3. The Bertz CT molecular complexity index is 399. The van der Waals surface area contributed by atoms with Crippen LogP contribution in [0.3, 0.4) is 0 Å². The highest BCUT2D eigenvalue weighted by atomic mass is 16.2. The van der Waals surface area contributed by atoms with E-state index >= 15 is 0 Å². The predicted molar refractivity (Wildman–Crippen MR) is 77.3 cm³/mol. The summed E-state index contributed by atoms with van der Waals surface area (Å²) >= 11 is 0. The number of carbonyl (C=O) groups excluding carboxylic acids is 3. The van der Waals surface area contributed by atoms with Crippen LogP contribution in [0.2, 0.25) is 0 Å². The number of amides is 4. The number of piperazine rings is 1. The Balaban J connectivity index is 1.67. The fourth-order valence-corrected chi connectivity index (χ4v) is 3.08. The number of carbonyl (C=O) groups is 3. The Morgan fingerprint density at radius 1 is 1.05 bits per heavy atom. The van der Waals surface area contributed by atoms with E-state index in [4.69, 9.17) is 5.73 Å². The second kappa shape index (κ2) is 7.40. The van der Waals surface area contributed by atoms with Gasteiger partial charge in [0.05, 0.1) is 0 Å². The minimum absolute atomic E-state index is 0.234. The van der Waals surface area contributed by atoms with Gasteiger partial charge in [0.1, 0.15) is 0 Å². The number of primary amides is 1. The first kappa shape index (κ1) is 15.8. The minimum Gasteiger partial charge on any atom is -0.351 e. The van der Waals surface area contributed by atoms with E-state index in [-0.39, 0.29) is 18.2 Å². The van der Waals surface area contributed by atoms with E-state index in [0.717, 1.165) is 39.0 Å². The number of nitrogens with two attached hydrogens (primary N) is 1. The molecule has 21 heavy (non-hydrogen) atoms. The molecule has 0 aromatic heterocycles.